The van der Waals surface area contributed by atoms with Crippen LogP contribution >= 0.6 is 0 Å². The van der Waals surface area contributed by atoms with Gasteiger partial charge in [-0.1, -0.05) is 31.2 Å². The summed E-state index contributed by atoms with van der Waals surface area (Å²) in [4.78, 5) is 23.7. The molecule has 0 aliphatic carbocycles. The second-order valence-electron chi connectivity index (χ2n) is 7.03. The van der Waals surface area contributed by atoms with Crippen molar-refractivity contribution in [2.24, 2.45) is 17.4 Å². The lowest BCUT2D eigenvalue weighted by Gasteiger charge is -2.17. The van der Waals surface area contributed by atoms with Crippen LogP contribution in [0, 0.1) is 12.8 Å². The summed E-state index contributed by atoms with van der Waals surface area (Å²) in [6, 6.07) is 5.74. The summed E-state index contributed by atoms with van der Waals surface area (Å²) >= 11 is 0. The highest BCUT2D eigenvalue weighted by Gasteiger charge is 2.24. The Morgan fingerprint density at radius 2 is 1.93 bits per heavy atom. The van der Waals surface area contributed by atoms with Crippen molar-refractivity contribution >= 4 is 17.6 Å². The molecule has 1 heterocycles. The lowest BCUT2D eigenvalue weighted by molar-refractivity contribution is -0.119. The summed E-state index contributed by atoms with van der Waals surface area (Å²) in [7, 11) is 0. The molecule has 0 saturated carbocycles. The monoisotopic (exact) mass is 386 g/mol. The van der Waals surface area contributed by atoms with Gasteiger partial charge in [-0.25, -0.2) is 9.48 Å². The smallest absolute Gasteiger partial charge is 0.312 e. The maximum Gasteiger partial charge on any atom is 0.312 e. The minimum Gasteiger partial charge on any atom is -0.352 e. The third-order valence-electron chi connectivity index (χ3n) is 4.38. The zero-order valence-corrected chi connectivity index (χ0v) is 16.3. The SMILES string of the molecule is [CH2]c1ccc(NC(=O)[C@H](CCCNC(N)=O)n2cc([C@@H](N)C(C)C)nn2)cc1. The van der Waals surface area contributed by atoms with Gasteiger partial charge in [-0.05, 0) is 43.4 Å². The van der Waals surface area contributed by atoms with Crippen molar-refractivity contribution in [2.75, 3.05) is 11.9 Å². The van der Waals surface area contributed by atoms with E-state index in [-0.39, 0.29) is 17.9 Å². The van der Waals surface area contributed by atoms with E-state index < -0.39 is 12.1 Å². The highest BCUT2D eigenvalue weighted by atomic mass is 16.2. The molecule has 9 nitrogen and oxygen atoms in total. The molecule has 0 bridgehead atoms. The van der Waals surface area contributed by atoms with Gasteiger partial charge in [0.15, 0.2) is 0 Å². The number of aromatic nitrogens is 3. The number of rotatable bonds is 9. The number of carbonyl (C=O) groups excluding carboxylic acids is 2. The summed E-state index contributed by atoms with van der Waals surface area (Å²) in [5.41, 5.74) is 13.4. The van der Waals surface area contributed by atoms with E-state index in [2.05, 4.69) is 27.9 Å². The molecule has 0 spiro atoms. The number of benzene rings is 1. The number of primary amides is 1. The van der Waals surface area contributed by atoms with Crippen LogP contribution in [0.3, 0.4) is 0 Å². The number of nitrogens with zero attached hydrogens (tertiary/aromatic N) is 3. The Bertz CT molecular complexity index is 786. The molecule has 6 N–H and O–H groups in total. The first-order chi connectivity index (χ1) is 13.3. The van der Waals surface area contributed by atoms with E-state index >= 15 is 0 Å². The van der Waals surface area contributed by atoms with Crippen molar-refractivity contribution in [3.8, 4) is 0 Å². The molecule has 0 unspecified atom stereocenters. The van der Waals surface area contributed by atoms with Crippen LogP contribution in [-0.2, 0) is 4.79 Å². The molecule has 28 heavy (non-hydrogen) atoms. The molecular weight excluding hydrogens is 358 g/mol. The number of carbonyl (C=O) groups is 2. The van der Waals surface area contributed by atoms with Crippen molar-refractivity contribution in [1.82, 2.24) is 20.3 Å². The molecule has 1 aromatic carbocycles. The second kappa shape index (κ2) is 9.84. The average Bonchev–Trinajstić information content (AvgIpc) is 3.12. The van der Waals surface area contributed by atoms with Crippen LogP contribution in [0.1, 0.15) is 50.0 Å². The molecule has 151 valence electrons. The summed E-state index contributed by atoms with van der Waals surface area (Å²) in [6.45, 7) is 8.18. The lowest BCUT2D eigenvalue weighted by atomic mass is 10.0. The molecule has 1 aromatic heterocycles. The summed E-state index contributed by atoms with van der Waals surface area (Å²) in [5.74, 6) is -0.0381. The van der Waals surface area contributed by atoms with Gasteiger partial charge in [-0.15, -0.1) is 5.10 Å². The normalized spacial score (nSPS) is 13.2. The van der Waals surface area contributed by atoms with Crippen LogP contribution in [0.2, 0.25) is 0 Å². The summed E-state index contributed by atoms with van der Waals surface area (Å²) in [5, 5.41) is 13.6. The van der Waals surface area contributed by atoms with Crippen molar-refractivity contribution in [3.05, 3.63) is 48.6 Å². The van der Waals surface area contributed by atoms with Crippen LogP contribution in [0.15, 0.2) is 30.5 Å². The van der Waals surface area contributed by atoms with Gasteiger partial charge in [0.2, 0.25) is 5.91 Å². The Hall–Kier alpha value is -2.94. The van der Waals surface area contributed by atoms with Crippen LogP contribution in [0.4, 0.5) is 10.5 Å². The zero-order valence-electron chi connectivity index (χ0n) is 16.3. The first-order valence-corrected chi connectivity index (χ1v) is 9.21. The molecule has 2 aromatic rings. The highest BCUT2D eigenvalue weighted by molar-refractivity contribution is 5.93. The van der Waals surface area contributed by atoms with Gasteiger partial charge in [0.25, 0.3) is 0 Å². The van der Waals surface area contributed by atoms with Crippen LogP contribution in [0.5, 0.6) is 0 Å². The Morgan fingerprint density at radius 1 is 1.25 bits per heavy atom. The minimum absolute atomic E-state index is 0.193. The average molecular weight is 386 g/mol. The maximum absolute atomic E-state index is 12.9. The standard InChI is InChI=1S/C19H28N7O2/c1-12(2)17(20)15-11-26(25-24-15)16(5-4-10-22-19(21)28)18(27)23-14-8-6-13(3)7-9-14/h6-9,11-12,16-17H,3-5,10,20H2,1-2H3,(H,23,27)(H3,21,22,28)/t16-,17-/m0/s1. The van der Waals surface area contributed by atoms with Crippen molar-refractivity contribution < 1.29 is 9.59 Å². The molecule has 2 atom stereocenters. The number of nitrogens with two attached hydrogens (primary N) is 2. The van der Waals surface area contributed by atoms with Crippen LogP contribution in [-0.4, -0.2) is 33.5 Å². The summed E-state index contributed by atoms with van der Waals surface area (Å²) < 4.78 is 1.52. The van der Waals surface area contributed by atoms with E-state index in [1.54, 1.807) is 18.3 Å². The predicted molar refractivity (Wildman–Crippen MR) is 107 cm³/mol. The quantitative estimate of drug-likeness (QED) is 0.486. The van der Waals surface area contributed by atoms with Gasteiger partial charge in [-0.2, -0.15) is 0 Å². The Morgan fingerprint density at radius 3 is 2.54 bits per heavy atom. The topological polar surface area (TPSA) is 141 Å². The van der Waals surface area contributed by atoms with E-state index in [9.17, 15) is 9.59 Å². The van der Waals surface area contributed by atoms with Crippen molar-refractivity contribution in [3.63, 3.8) is 0 Å². The maximum atomic E-state index is 12.9. The fourth-order valence-corrected chi connectivity index (χ4v) is 2.64. The van der Waals surface area contributed by atoms with E-state index in [1.807, 2.05) is 26.0 Å². The van der Waals surface area contributed by atoms with E-state index in [1.165, 1.54) is 4.68 Å². The van der Waals surface area contributed by atoms with Crippen LogP contribution in [0.25, 0.3) is 0 Å². The molecule has 9 heteroatoms. The van der Waals surface area contributed by atoms with E-state index in [0.717, 1.165) is 5.56 Å². The number of nitrogens with one attached hydrogen (secondary N) is 2. The summed E-state index contributed by atoms with van der Waals surface area (Å²) in [6.07, 6.45) is 2.69. The molecular formula is C19H28N7O2. The van der Waals surface area contributed by atoms with Crippen molar-refractivity contribution in [1.29, 1.82) is 0 Å². The number of anilines is 1. The Labute approximate surface area is 164 Å². The van der Waals surface area contributed by atoms with Gasteiger partial charge in [0.1, 0.15) is 6.04 Å². The number of hydrogen-bond acceptors (Lipinski definition) is 5. The fraction of sp³-hybridized carbons (Fsp3) is 0.421. The van der Waals surface area contributed by atoms with Gasteiger partial charge in [-0.3, -0.25) is 4.79 Å². The molecule has 3 amide bonds. The Balaban J connectivity index is 2.14. The predicted octanol–water partition coefficient (Wildman–Crippen LogP) is 1.74. The largest absolute Gasteiger partial charge is 0.352 e. The minimum atomic E-state index is -0.602. The fourth-order valence-electron chi connectivity index (χ4n) is 2.64. The number of urea groups is 1. The van der Waals surface area contributed by atoms with Gasteiger partial charge < -0.3 is 22.1 Å². The van der Waals surface area contributed by atoms with Gasteiger partial charge in [0.05, 0.1) is 17.9 Å². The van der Waals surface area contributed by atoms with E-state index in [4.69, 9.17) is 11.5 Å². The third-order valence-corrected chi connectivity index (χ3v) is 4.38. The molecule has 0 aliphatic rings. The molecule has 2 rings (SSSR count). The molecule has 0 saturated heterocycles. The van der Waals surface area contributed by atoms with Crippen LogP contribution < -0.4 is 22.1 Å². The van der Waals surface area contributed by atoms with Gasteiger partial charge >= 0.3 is 6.03 Å². The molecule has 0 aliphatic heterocycles. The van der Waals surface area contributed by atoms with Gasteiger partial charge in [0, 0.05) is 12.2 Å². The molecule has 1 radical (unpaired) electrons. The lowest BCUT2D eigenvalue weighted by Crippen LogP contribution is -2.31. The highest BCUT2D eigenvalue weighted by Crippen LogP contribution is 2.21. The first-order valence-electron chi connectivity index (χ1n) is 9.21. The number of hydrogen-bond donors (Lipinski definition) is 4. The Kier molecular flexibility index (Phi) is 7.51. The third kappa shape index (κ3) is 6.05. The number of amides is 3. The van der Waals surface area contributed by atoms with E-state index in [0.29, 0.717) is 30.8 Å². The first kappa shape index (κ1) is 21.4. The molecule has 0 fully saturated rings. The van der Waals surface area contributed by atoms with Crippen molar-refractivity contribution in [2.45, 2.75) is 38.8 Å². The zero-order chi connectivity index (χ0) is 20.7. The second-order valence-corrected chi connectivity index (χ2v) is 7.03.